The van der Waals surface area contributed by atoms with Crippen LogP contribution in [0, 0.1) is 0 Å². The number of amides is 2. The lowest BCUT2D eigenvalue weighted by atomic mass is 9.93. The summed E-state index contributed by atoms with van der Waals surface area (Å²) in [6.07, 6.45) is 2.50. The first kappa shape index (κ1) is 12.9. The highest BCUT2D eigenvalue weighted by Crippen LogP contribution is 2.17. The molecule has 0 radical (unpaired) electrons. The maximum atomic E-state index is 11.3. The van der Waals surface area contributed by atoms with Crippen LogP contribution in [0.1, 0.15) is 19.3 Å². The van der Waals surface area contributed by atoms with Crippen LogP contribution in [-0.2, 0) is 19.1 Å². The molecule has 1 rings (SSSR count). The fraction of sp³-hybridized carbons (Fsp3) is 0.800. The second-order valence-electron chi connectivity index (χ2n) is 3.71. The molecule has 0 heterocycles. The van der Waals surface area contributed by atoms with Crippen molar-refractivity contribution in [2.45, 2.75) is 31.6 Å². The number of carbonyl (C=O) groups is 2. The van der Waals surface area contributed by atoms with Gasteiger partial charge in [-0.2, -0.15) is 0 Å². The lowest BCUT2D eigenvalue weighted by Gasteiger charge is -2.26. The predicted molar refractivity (Wildman–Crippen MR) is 56.6 cm³/mol. The summed E-state index contributed by atoms with van der Waals surface area (Å²) in [6, 6.07) is 0.166. The van der Waals surface area contributed by atoms with E-state index in [1.807, 2.05) is 0 Å². The number of nitrogens with one attached hydrogen (secondary N) is 2. The number of hydrogen-bond donors (Lipinski definition) is 2. The summed E-state index contributed by atoms with van der Waals surface area (Å²) in [4.78, 5) is 22.7. The second-order valence-corrected chi connectivity index (χ2v) is 3.71. The largest absolute Gasteiger partial charge is 0.354 e. The van der Waals surface area contributed by atoms with E-state index in [0.29, 0.717) is 0 Å². The Labute approximate surface area is 94.7 Å². The van der Waals surface area contributed by atoms with E-state index >= 15 is 0 Å². The molecule has 1 aliphatic rings. The first-order valence-electron chi connectivity index (χ1n) is 5.31. The van der Waals surface area contributed by atoms with Gasteiger partial charge in [-0.3, -0.25) is 9.59 Å². The van der Waals surface area contributed by atoms with Crippen LogP contribution in [0.2, 0.25) is 0 Å². The van der Waals surface area contributed by atoms with E-state index in [0.717, 1.165) is 19.3 Å². The molecular weight excluding hydrogens is 212 g/mol. The van der Waals surface area contributed by atoms with E-state index in [2.05, 4.69) is 10.6 Å². The van der Waals surface area contributed by atoms with E-state index in [1.54, 1.807) is 0 Å². The monoisotopic (exact) mass is 230 g/mol. The molecule has 16 heavy (non-hydrogen) atoms. The van der Waals surface area contributed by atoms with E-state index < -0.39 is 18.1 Å². The Morgan fingerprint density at radius 3 is 2.31 bits per heavy atom. The smallest absolute Gasteiger partial charge is 0.309 e. The number of rotatable bonds is 5. The van der Waals surface area contributed by atoms with E-state index in [4.69, 9.17) is 9.47 Å². The minimum Gasteiger partial charge on any atom is -0.354 e. The van der Waals surface area contributed by atoms with Crippen LogP contribution < -0.4 is 10.6 Å². The number of ether oxygens (including phenoxy) is 2. The van der Waals surface area contributed by atoms with Gasteiger partial charge < -0.3 is 20.1 Å². The Kier molecular flexibility index (Phi) is 5.21. The zero-order valence-electron chi connectivity index (χ0n) is 9.62. The molecule has 0 atom stereocenters. The molecule has 0 aliphatic heterocycles. The van der Waals surface area contributed by atoms with Gasteiger partial charge in [0.1, 0.15) is 0 Å². The molecule has 2 N–H and O–H groups in total. The number of methoxy groups -OCH3 is 2. The van der Waals surface area contributed by atoms with Gasteiger partial charge in [0.05, 0.1) is 6.54 Å². The van der Waals surface area contributed by atoms with Crippen LogP contribution >= 0.6 is 0 Å². The maximum absolute atomic E-state index is 11.3. The molecule has 1 fully saturated rings. The summed E-state index contributed by atoms with van der Waals surface area (Å²) in [5.74, 6) is -1.23. The molecule has 0 aromatic rings. The average molecular weight is 230 g/mol. The summed E-state index contributed by atoms with van der Waals surface area (Å²) < 4.78 is 9.75. The maximum Gasteiger partial charge on any atom is 0.309 e. The topological polar surface area (TPSA) is 76.7 Å². The third-order valence-electron chi connectivity index (χ3n) is 2.60. The SMILES string of the molecule is COC(CNC(=O)C(=O)NC1CCC1)OC. The van der Waals surface area contributed by atoms with Crippen LogP contribution in [0.3, 0.4) is 0 Å². The van der Waals surface area contributed by atoms with Gasteiger partial charge >= 0.3 is 11.8 Å². The van der Waals surface area contributed by atoms with Crippen LogP contribution in [0.4, 0.5) is 0 Å². The van der Waals surface area contributed by atoms with Crippen molar-refractivity contribution >= 4 is 11.8 Å². The van der Waals surface area contributed by atoms with Crippen molar-refractivity contribution in [1.29, 1.82) is 0 Å². The zero-order valence-corrected chi connectivity index (χ0v) is 9.62. The van der Waals surface area contributed by atoms with Crippen LogP contribution in [0.5, 0.6) is 0 Å². The molecule has 0 bridgehead atoms. The third-order valence-corrected chi connectivity index (χ3v) is 2.60. The van der Waals surface area contributed by atoms with Gasteiger partial charge in [0.2, 0.25) is 0 Å². The average Bonchev–Trinajstić information content (AvgIpc) is 2.24. The molecular formula is C10H18N2O4. The molecule has 0 aromatic carbocycles. The first-order valence-corrected chi connectivity index (χ1v) is 5.31. The Balaban J connectivity index is 2.19. The molecule has 1 saturated carbocycles. The minimum absolute atomic E-state index is 0.157. The Hall–Kier alpha value is -1.14. The van der Waals surface area contributed by atoms with Gasteiger partial charge in [-0.25, -0.2) is 0 Å². The summed E-state index contributed by atoms with van der Waals surface area (Å²) in [5.41, 5.74) is 0. The molecule has 0 spiro atoms. The highest BCUT2D eigenvalue weighted by molar-refractivity contribution is 6.35. The molecule has 2 amide bonds. The molecule has 6 nitrogen and oxygen atoms in total. The zero-order chi connectivity index (χ0) is 12.0. The van der Waals surface area contributed by atoms with Crippen LogP contribution in [0.25, 0.3) is 0 Å². The Morgan fingerprint density at radius 2 is 1.88 bits per heavy atom. The Bertz CT molecular complexity index is 249. The van der Waals surface area contributed by atoms with Crippen molar-refractivity contribution in [3.63, 3.8) is 0 Å². The van der Waals surface area contributed by atoms with Gasteiger partial charge in [0, 0.05) is 20.3 Å². The fourth-order valence-electron chi connectivity index (χ4n) is 1.32. The predicted octanol–water partition coefficient (Wildman–Crippen LogP) is -0.610. The van der Waals surface area contributed by atoms with Gasteiger partial charge in [-0.15, -0.1) is 0 Å². The molecule has 0 unspecified atom stereocenters. The number of hydrogen-bond acceptors (Lipinski definition) is 4. The van der Waals surface area contributed by atoms with Crippen molar-refractivity contribution in [3.8, 4) is 0 Å². The summed E-state index contributed by atoms with van der Waals surface area (Å²) in [6.45, 7) is 0.157. The van der Waals surface area contributed by atoms with Gasteiger partial charge in [-0.1, -0.05) is 0 Å². The highest BCUT2D eigenvalue weighted by atomic mass is 16.7. The molecule has 1 aliphatic carbocycles. The molecule has 0 aromatic heterocycles. The van der Waals surface area contributed by atoms with Crippen molar-refractivity contribution < 1.29 is 19.1 Å². The normalized spacial score (nSPS) is 15.7. The third kappa shape index (κ3) is 3.79. The standard InChI is InChI=1S/C10H18N2O4/c1-15-8(16-2)6-11-9(13)10(14)12-7-4-3-5-7/h7-8H,3-6H2,1-2H3,(H,11,13)(H,12,14). The molecule has 0 saturated heterocycles. The summed E-state index contributed by atoms with van der Waals surface area (Å²) in [5, 5.41) is 5.08. The molecule has 92 valence electrons. The first-order chi connectivity index (χ1) is 7.67. The van der Waals surface area contributed by atoms with Gasteiger partial charge in [0.15, 0.2) is 6.29 Å². The minimum atomic E-state index is -0.647. The molecule has 6 heteroatoms. The highest BCUT2D eigenvalue weighted by Gasteiger charge is 2.23. The Morgan fingerprint density at radius 1 is 1.25 bits per heavy atom. The van der Waals surface area contributed by atoms with E-state index in [9.17, 15) is 9.59 Å². The fourth-order valence-corrected chi connectivity index (χ4v) is 1.32. The van der Waals surface area contributed by atoms with Gasteiger partial charge in [0.25, 0.3) is 0 Å². The van der Waals surface area contributed by atoms with Gasteiger partial charge in [-0.05, 0) is 19.3 Å². The lowest BCUT2D eigenvalue weighted by Crippen LogP contribution is -2.48. The van der Waals surface area contributed by atoms with Crippen molar-refractivity contribution in [3.05, 3.63) is 0 Å². The second kappa shape index (κ2) is 6.44. The summed E-state index contributed by atoms with van der Waals surface area (Å²) in [7, 11) is 2.93. The number of carbonyl (C=O) groups excluding carboxylic acids is 2. The van der Waals surface area contributed by atoms with Crippen LogP contribution in [0.15, 0.2) is 0 Å². The van der Waals surface area contributed by atoms with Crippen molar-refractivity contribution in [2.75, 3.05) is 20.8 Å². The van der Waals surface area contributed by atoms with Crippen LogP contribution in [-0.4, -0.2) is 44.9 Å². The van der Waals surface area contributed by atoms with Crippen molar-refractivity contribution in [2.24, 2.45) is 0 Å². The quantitative estimate of drug-likeness (QED) is 0.488. The lowest BCUT2D eigenvalue weighted by molar-refractivity contribution is -0.142. The van der Waals surface area contributed by atoms with E-state index in [-0.39, 0.29) is 12.6 Å². The van der Waals surface area contributed by atoms with E-state index in [1.165, 1.54) is 14.2 Å². The summed E-state index contributed by atoms with van der Waals surface area (Å²) >= 11 is 0. The van der Waals surface area contributed by atoms with Crippen molar-refractivity contribution in [1.82, 2.24) is 10.6 Å².